The molecule has 1 aromatic carbocycles. The van der Waals surface area contributed by atoms with Crippen molar-refractivity contribution in [1.82, 2.24) is 15.1 Å². The first-order valence-electron chi connectivity index (χ1n) is 7.10. The maximum Gasteiger partial charge on any atom is 0.263 e. The van der Waals surface area contributed by atoms with Gasteiger partial charge in [0.05, 0.1) is 12.3 Å². The summed E-state index contributed by atoms with van der Waals surface area (Å²) in [6.07, 6.45) is 1.80. The van der Waals surface area contributed by atoms with Gasteiger partial charge in [0.15, 0.2) is 5.60 Å². The number of amides is 1. The van der Waals surface area contributed by atoms with E-state index in [-0.39, 0.29) is 5.91 Å². The highest BCUT2D eigenvalue weighted by Crippen LogP contribution is 2.18. The molecule has 0 saturated heterocycles. The fourth-order valence-electron chi connectivity index (χ4n) is 1.87. The first kappa shape index (κ1) is 16.0. The molecule has 0 bridgehead atoms. The van der Waals surface area contributed by atoms with Gasteiger partial charge in [-0.1, -0.05) is 18.2 Å². The average Bonchev–Trinajstić information content (AvgIpc) is 2.96. The number of nitrogens with one attached hydrogen (secondary N) is 1. The molecule has 0 fully saturated rings. The first-order valence-corrected chi connectivity index (χ1v) is 7.10. The minimum Gasteiger partial charge on any atom is -0.460 e. The van der Waals surface area contributed by atoms with Gasteiger partial charge in [-0.15, -0.1) is 5.10 Å². The standard InChI is InChI=1S/C16H21N3O3/c1-16(2,15(20)17-10-12-21-3)22-14-9-11-19(18-14)13-7-5-4-6-8-13/h4-9,11H,10,12H2,1-3H3,(H,17,20). The molecule has 0 spiro atoms. The van der Waals surface area contributed by atoms with Gasteiger partial charge < -0.3 is 14.8 Å². The molecule has 0 radical (unpaired) electrons. The summed E-state index contributed by atoms with van der Waals surface area (Å²) in [5.41, 5.74) is -0.0800. The molecule has 6 nitrogen and oxygen atoms in total. The van der Waals surface area contributed by atoms with Crippen LogP contribution in [0.25, 0.3) is 5.69 Å². The number of benzene rings is 1. The van der Waals surface area contributed by atoms with Crippen molar-refractivity contribution in [2.75, 3.05) is 20.3 Å². The maximum atomic E-state index is 12.1. The van der Waals surface area contributed by atoms with Gasteiger partial charge in [-0.3, -0.25) is 4.79 Å². The van der Waals surface area contributed by atoms with Crippen molar-refractivity contribution in [2.45, 2.75) is 19.4 Å². The summed E-state index contributed by atoms with van der Waals surface area (Å²) in [7, 11) is 1.59. The number of carbonyl (C=O) groups excluding carboxylic acids is 1. The van der Waals surface area contributed by atoms with Crippen LogP contribution in [0.3, 0.4) is 0 Å². The SMILES string of the molecule is COCCNC(=O)C(C)(C)Oc1ccn(-c2ccccc2)n1. The van der Waals surface area contributed by atoms with Crippen molar-refractivity contribution in [3.63, 3.8) is 0 Å². The zero-order chi connectivity index (χ0) is 16.0. The molecule has 2 aromatic rings. The predicted molar refractivity (Wildman–Crippen MR) is 83.2 cm³/mol. The highest BCUT2D eigenvalue weighted by atomic mass is 16.5. The molecule has 1 aromatic heterocycles. The summed E-state index contributed by atoms with van der Waals surface area (Å²) in [4.78, 5) is 12.1. The van der Waals surface area contributed by atoms with Crippen LogP contribution in [0.15, 0.2) is 42.6 Å². The van der Waals surface area contributed by atoms with Crippen LogP contribution in [-0.4, -0.2) is 41.6 Å². The number of hydrogen-bond donors (Lipinski definition) is 1. The molecule has 0 unspecified atom stereocenters. The van der Waals surface area contributed by atoms with Gasteiger partial charge >= 0.3 is 0 Å². The maximum absolute atomic E-state index is 12.1. The lowest BCUT2D eigenvalue weighted by Gasteiger charge is -2.23. The number of methoxy groups -OCH3 is 1. The van der Waals surface area contributed by atoms with Gasteiger partial charge in [0.2, 0.25) is 5.88 Å². The lowest BCUT2D eigenvalue weighted by molar-refractivity contribution is -0.134. The highest BCUT2D eigenvalue weighted by molar-refractivity contribution is 5.84. The molecule has 0 atom stereocenters. The third kappa shape index (κ3) is 4.08. The van der Waals surface area contributed by atoms with Gasteiger partial charge in [0.1, 0.15) is 0 Å². The van der Waals surface area contributed by atoms with Crippen LogP contribution in [-0.2, 0) is 9.53 Å². The summed E-state index contributed by atoms with van der Waals surface area (Å²) in [6.45, 7) is 4.32. The summed E-state index contributed by atoms with van der Waals surface area (Å²) >= 11 is 0. The average molecular weight is 303 g/mol. The molecule has 2 rings (SSSR count). The van der Waals surface area contributed by atoms with Crippen molar-refractivity contribution in [3.8, 4) is 11.6 Å². The second-order valence-corrected chi connectivity index (χ2v) is 5.30. The van der Waals surface area contributed by atoms with E-state index in [2.05, 4.69) is 10.4 Å². The lowest BCUT2D eigenvalue weighted by Crippen LogP contribution is -2.47. The van der Waals surface area contributed by atoms with E-state index >= 15 is 0 Å². The van der Waals surface area contributed by atoms with E-state index in [0.29, 0.717) is 19.0 Å². The molecule has 0 aliphatic heterocycles. The number of aromatic nitrogens is 2. The number of ether oxygens (including phenoxy) is 2. The zero-order valence-electron chi connectivity index (χ0n) is 13.1. The van der Waals surface area contributed by atoms with Crippen molar-refractivity contribution in [1.29, 1.82) is 0 Å². The van der Waals surface area contributed by atoms with Crippen LogP contribution in [0.4, 0.5) is 0 Å². The van der Waals surface area contributed by atoms with Crippen LogP contribution in [0.5, 0.6) is 5.88 Å². The topological polar surface area (TPSA) is 65.4 Å². The van der Waals surface area contributed by atoms with Gasteiger partial charge in [-0.2, -0.15) is 0 Å². The van der Waals surface area contributed by atoms with Crippen LogP contribution in [0.2, 0.25) is 0 Å². The number of carbonyl (C=O) groups is 1. The normalized spacial score (nSPS) is 11.2. The lowest BCUT2D eigenvalue weighted by atomic mass is 10.1. The zero-order valence-corrected chi connectivity index (χ0v) is 13.1. The Bertz CT molecular complexity index is 608. The Kier molecular flexibility index (Phi) is 5.16. The molecule has 118 valence electrons. The molecular formula is C16H21N3O3. The van der Waals surface area contributed by atoms with Crippen molar-refractivity contribution in [3.05, 3.63) is 42.6 Å². The van der Waals surface area contributed by atoms with E-state index in [1.165, 1.54) is 0 Å². The second-order valence-electron chi connectivity index (χ2n) is 5.30. The number of rotatable bonds is 7. The predicted octanol–water partition coefficient (Wildman–Crippen LogP) is 1.79. The largest absolute Gasteiger partial charge is 0.460 e. The number of para-hydroxylation sites is 1. The van der Waals surface area contributed by atoms with Crippen molar-refractivity contribution >= 4 is 5.91 Å². The van der Waals surface area contributed by atoms with Gasteiger partial charge in [-0.25, -0.2) is 4.68 Å². The molecular weight excluding hydrogens is 282 g/mol. The minimum absolute atomic E-state index is 0.209. The summed E-state index contributed by atoms with van der Waals surface area (Å²) in [5.74, 6) is 0.189. The Morgan fingerprint density at radius 3 is 2.68 bits per heavy atom. The summed E-state index contributed by atoms with van der Waals surface area (Å²) in [6, 6.07) is 11.4. The van der Waals surface area contributed by atoms with E-state index in [4.69, 9.17) is 9.47 Å². The molecule has 1 N–H and O–H groups in total. The molecule has 0 saturated carbocycles. The Hall–Kier alpha value is -2.34. The molecule has 6 heteroatoms. The van der Waals surface area contributed by atoms with Gasteiger partial charge in [0.25, 0.3) is 5.91 Å². The fraction of sp³-hybridized carbons (Fsp3) is 0.375. The van der Waals surface area contributed by atoms with Crippen LogP contribution in [0, 0.1) is 0 Å². The van der Waals surface area contributed by atoms with E-state index in [9.17, 15) is 4.79 Å². The summed E-state index contributed by atoms with van der Waals surface area (Å²) in [5, 5.41) is 7.09. The monoisotopic (exact) mass is 303 g/mol. The summed E-state index contributed by atoms with van der Waals surface area (Å²) < 4.78 is 12.3. The first-order chi connectivity index (χ1) is 10.5. The highest BCUT2D eigenvalue weighted by Gasteiger charge is 2.30. The van der Waals surface area contributed by atoms with Crippen molar-refractivity contribution in [2.24, 2.45) is 0 Å². The van der Waals surface area contributed by atoms with E-state index in [1.807, 2.05) is 30.3 Å². The number of hydrogen-bond acceptors (Lipinski definition) is 4. The third-order valence-electron chi connectivity index (χ3n) is 3.08. The molecule has 22 heavy (non-hydrogen) atoms. The Morgan fingerprint density at radius 1 is 1.27 bits per heavy atom. The van der Waals surface area contributed by atoms with E-state index in [1.54, 1.807) is 37.9 Å². The van der Waals surface area contributed by atoms with Gasteiger partial charge in [-0.05, 0) is 26.0 Å². The smallest absolute Gasteiger partial charge is 0.263 e. The fourth-order valence-corrected chi connectivity index (χ4v) is 1.87. The quantitative estimate of drug-likeness (QED) is 0.792. The van der Waals surface area contributed by atoms with Crippen LogP contribution < -0.4 is 10.1 Å². The molecule has 0 aliphatic rings. The minimum atomic E-state index is -1.01. The second kappa shape index (κ2) is 7.09. The van der Waals surface area contributed by atoms with E-state index in [0.717, 1.165) is 5.69 Å². The van der Waals surface area contributed by atoms with Gasteiger partial charge in [0, 0.05) is 25.9 Å². The molecule has 1 heterocycles. The molecule has 0 aliphatic carbocycles. The van der Waals surface area contributed by atoms with Crippen LogP contribution >= 0.6 is 0 Å². The molecule has 1 amide bonds. The number of nitrogens with zero attached hydrogens (tertiary/aromatic N) is 2. The van der Waals surface area contributed by atoms with Crippen LogP contribution in [0.1, 0.15) is 13.8 Å². The third-order valence-corrected chi connectivity index (χ3v) is 3.08. The van der Waals surface area contributed by atoms with E-state index < -0.39 is 5.60 Å². The van der Waals surface area contributed by atoms with Crippen molar-refractivity contribution < 1.29 is 14.3 Å². The Morgan fingerprint density at radius 2 is 2.00 bits per heavy atom. The Balaban J connectivity index is 2.01. The Labute approximate surface area is 130 Å².